The topological polar surface area (TPSA) is 50.2 Å². The maximum Gasteiger partial charge on any atom is 0.256 e. The number of aryl methyl sites for hydroxylation is 1. The zero-order valence-corrected chi connectivity index (χ0v) is 11.7. The van der Waals surface area contributed by atoms with Gasteiger partial charge in [0.1, 0.15) is 5.82 Å². The van der Waals surface area contributed by atoms with Crippen molar-refractivity contribution in [2.24, 2.45) is 7.05 Å². The normalized spacial score (nSPS) is 10.4. The number of hydrogen-bond acceptors (Lipinski definition) is 3. The average Bonchev–Trinajstić information content (AvgIpc) is 2.82. The summed E-state index contributed by atoms with van der Waals surface area (Å²) in [5, 5.41) is 6.78. The quantitative estimate of drug-likeness (QED) is 0.927. The van der Waals surface area contributed by atoms with Gasteiger partial charge >= 0.3 is 0 Å². The van der Waals surface area contributed by atoms with Gasteiger partial charge in [-0.1, -0.05) is 6.07 Å². The molecule has 1 aromatic carbocycles. The molecule has 20 heavy (non-hydrogen) atoms. The van der Waals surface area contributed by atoms with Crippen LogP contribution in [0.2, 0.25) is 0 Å². The summed E-state index contributed by atoms with van der Waals surface area (Å²) in [5.41, 5.74) is 1.46. The van der Waals surface area contributed by atoms with Crippen LogP contribution in [0.4, 0.5) is 10.1 Å². The van der Waals surface area contributed by atoms with E-state index in [0.29, 0.717) is 12.1 Å². The molecule has 0 atom stereocenters. The van der Waals surface area contributed by atoms with Crippen molar-refractivity contribution in [3.8, 4) is 0 Å². The summed E-state index contributed by atoms with van der Waals surface area (Å²) < 4.78 is 15.3. The van der Waals surface area contributed by atoms with Crippen molar-refractivity contribution in [2.45, 2.75) is 6.54 Å². The number of carbonyl (C=O) groups is 1. The van der Waals surface area contributed by atoms with Gasteiger partial charge in [0.2, 0.25) is 0 Å². The van der Waals surface area contributed by atoms with Crippen LogP contribution in [0.3, 0.4) is 0 Å². The molecule has 0 saturated carbocycles. The Bertz CT molecular complexity index is 623. The fourth-order valence-electron chi connectivity index (χ4n) is 2.06. The summed E-state index contributed by atoms with van der Waals surface area (Å²) in [7, 11) is 5.09. The van der Waals surface area contributed by atoms with Gasteiger partial charge in [0.25, 0.3) is 5.91 Å². The molecule has 0 unspecified atom stereocenters. The number of hydrogen-bond donors (Lipinski definition) is 1. The van der Waals surface area contributed by atoms with Crippen molar-refractivity contribution in [1.82, 2.24) is 14.7 Å². The molecule has 106 valence electrons. The number of halogens is 1. The van der Waals surface area contributed by atoms with Crippen molar-refractivity contribution < 1.29 is 9.18 Å². The summed E-state index contributed by atoms with van der Waals surface area (Å²) >= 11 is 0. The number of anilines is 1. The predicted molar refractivity (Wildman–Crippen MR) is 75.0 cm³/mol. The van der Waals surface area contributed by atoms with Crippen molar-refractivity contribution >= 4 is 11.6 Å². The molecule has 0 aliphatic heterocycles. The summed E-state index contributed by atoms with van der Waals surface area (Å²) in [6.45, 7) is 0.423. The van der Waals surface area contributed by atoms with Crippen LogP contribution < -0.4 is 5.32 Å². The molecule has 6 heteroatoms. The molecule has 0 aliphatic rings. The van der Waals surface area contributed by atoms with Gasteiger partial charge in [0, 0.05) is 39.4 Å². The highest BCUT2D eigenvalue weighted by Crippen LogP contribution is 2.21. The van der Waals surface area contributed by atoms with Gasteiger partial charge in [0.05, 0.1) is 17.4 Å². The highest BCUT2D eigenvalue weighted by molar-refractivity contribution is 5.99. The Morgan fingerprint density at radius 2 is 2.25 bits per heavy atom. The van der Waals surface area contributed by atoms with Gasteiger partial charge in [-0.15, -0.1) is 0 Å². The molecule has 0 saturated heterocycles. The molecule has 0 aliphatic carbocycles. The molecular weight excluding hydrogens is 259 g/mol. The highest BCUT2D eigenvalue weighted by Gasteiger charge is 2.18. The smallest absolute Gasteiger partial charge is 0.256 e. The number of nitrogens with one attached hydrogen (secondary N) is 1. The van der Waals surface area contributed by atoms with E-state index in [1.165, 1.54) is 17.0 Å². The van der Waals surface area contributed by atoms with Crippen LogP contribution in [0.25, 0.3) is 0 Å². The lowest BCUT2D eigenvalue weighted by atomic mass is 10.1. The molecule has 2 rings (SSSR count). The minimum atomic E-state index is -0.437. The van der Waals surface area contributed by atoms with Crippen LogP contribution in [-0.2, 0) is 13.6 Å². The molecule has 2 aromatic rings. The van der Waals surface area contributed by atoms with E-state index in [2.05, 4.69) is 10.4 Å². The molecule has 0 spiro atoms. The third-order valence-corrected chi connectivity index (χ3v) is 3.02. The van der Waals surface area contributed by atoms with Crippen LogP contribution in [0.5, 0.6) is 0 Å². The molecule has 5 nitrogen and oxygen atoms in total. The first kappa shape index (κ1) is 14.0. The second kappa shape index (κ2) is 5.73. The maximum atomic E-state index is 13.7. The van der Waals surface area contributed by atoms with Crippen LogP contribution in [0.1, 0.15) is 15.9 Å². The lowest BCUT2D eigenvalue weighted by Crippen LogP contribution is -2.27. The fraction of sp³-hybridized carbons (Fsp3) is 0.286. The number of aromatic nitrogens is 2. The molecule has 0 radical (unpaired) electrons. The molecule has 1 N–H and O–H groups in total. The van der Waals surface area contributed by atoms with Crippen LogP contribution in [0, 0.1) is 5.82 Å². The molecule has 1 amide bonds. The minimum absolute atomic E-state index is 0.218. The first-order valence-corrected chi connectivity index (χ1v) is 6.22. The number of para-hydroxylation sites is 1. The van der Waals surface area contributed by atoms with Gasteiger partial charge in [0.15, 0.2) is 0 Å². The highest BCUT2D eigenvalue weighted by atomic mass is 19.1. The summed E-state index contributed by atoms with van der Waals surface area (Å²) in [6.07, 6.45) is 3.54. The second-order valence-corrected chi connectivity index (χ2v) is 4.60. The Labute approximate surface area is 117 Å². The van der Waals surface area contributed by atoms with E-state index in [1.54, 1.807) is 31.0 Å². The lowest BCUT2D eigenvalue weighted by Gasteiger charge is -2.18. The first-order chi connectivity index (χ1) is 9.52. The monoisotopic (exact) mass is 276 g/mol. The van der Waals surface area contributed by atoms with E-state index in [1.807, 2.05) is 13.2 Å². The van der Waals surface area contributed by atoms with Crippen molar-refractivity contribution in [1.29, 1.82) is 0 Å². The SMILES string of the molecule is CNc1c(F)cccc1C(=O)N(C)Cc1cnn(C)c1. The first-order valence-electron chi connectivity index (χ1n) is 6.22. The Morgan fingerprint density at radius 1 is 1.50 bits per heavy atom. The van der Waals surface area contributed by atoms with Crippen LogP contribution in [0.15, 0.2) is 30.6 Å². The Morgan fingerprint density at radius 3 is 2.85 bits per heavy atom. The fourth-order valence-corrected chi connectivity index (χ4v) is 2.06. The zero-order valence-electron chi connectivity index (χ0n) is 11.7. The largest absolute Gasteiger partial charge is 0.385 e. The van der Waals surface area contributed by atoms with E-state index in [9.17, 15) is 9.18 Å². The lowest BCUT2D eigenvalue weighted by molar-refractivity contribution is 0.0785. The Balaban J connectivity index is 2.20. The summed E-state index contributed by atoms with van der Waals surface area (Å²) in [4.78, 5) is 13.9. The van der Waals surface area contributed by atoms with E-state index < -0.39 is 5.82 Å². The van der Waals surface area contributed by atoms with Crippen LogP contribution in [-0.4, -0.2) is 34.7 Å². The summed E-state index contributed by atoms with van der Waals surface area (Å²) in [5.74, 6) is -0.675. The zero-order chi connectivity index (χ0) is 14.7. The molecule has 1 aromatic heterocycles. The predicted octanol–water partition coefficient (Wildman–Crippen LogP) is 1.87. The van der Waals surface area contributed by atoms with Crippen LogP contribution >= 0.6 is 0 Å². The second-order valence-electron chi connectivity index (χ2n) is 4.60. The number of amides is 1. The van der Waals surface area contributed by atoms with Gasteiger partial charge < -0.3 is 10.2 Å². The molecule has 1 heterocycles. The number of rotatable bonds is 4. The number of nitrogens with zero attached hydrogens (tertiary/aromatic N) is 3. The average molecular weight is 276 g/mol. The van der Waals surface area contributed by atoms with Gasteiger partial charge in [-0.25, -0.2) is 4.39 Å². The third kappa shape index (κ3) is 2.79. The standard InChI is InChI=1S/C14H17FN4O/c1-16-13-11(5-4-6-12(13)15)14(20)18(2)8-10-7-17-19(3)9-10/h4-7,9,16H,8H2,1-3H3. The van der Waals surface area contributed by atoms with Crippen molar-refractivity contribution in [3.05, 3.63) is 47.5 Å². The minimum Gasteiger partial charge on any atom is -0.385 e. The Hall–Kier alpha value is -2.37. The number of benzene rings is 1. The maximum absolute atomic E-state index is 13.7. The Kier molecular flexibility index (Phi) is 4.02. The van der Waals surface area contributed by atoms with Gasteiger partial charge in [-0.2, -0.15) is 5.10 Å². The van der Waals surface area contributed by atoms with E-state index in [0.717, 1.165) is 5.56 Å². The third-order valence-electron chi connectivity index (χ3n) is 3.02. The van der Waals surface area contributed by atoms with E-state index >= 15 is 0 Å². The van der Waals surface area contributed by atoms with E-state index in [4.69, 9.17) is 0 Å². The molecule has 0 bridgehead atoms. The van der Waals surface area contributed by atoms with Crippen molar-refractivity contribution in [2.75, 3.05) is 19.4 Å². The molecule has 0 fully saturated rings. The summed E-state index contributed by atoms with van der Waals surface area (Å²) in [6, 6.07) is 4.46. The number of carbonyl (C=O) groups excluding carboxylic acids is 1. The van der Waals surface area contributed by atoms with Gasteiger partial charge in [-0.3, -0.25) is 9.48 Å². The van der Waals surface area contributed by atoms with Crippen molar-refractivity contribution in [3.63, 3.8) is 0 Å². The van der Waals surface area contributed by atoms with Gasteiger partial charge in [-0.05, 0) is 12.1 Å². The molecular formula is C14H17FN4O. The van der Waals surface area contributed by atoms with E-state index in [-0.39, 0.29) is 11.6 Å².